The minimum atomic E-state index is -1.08. The Morgan fingerprint density at radius 2 is 1.10 bits per heavy atom. The average Bonchev–Trinajstić information content (AvgIpc) is 2.78. The Hall–Kier alpha value is -2.52. The standard InChI is InChI=1S/C26H31S.C2H4O2/c1-2-3-4-5-6-9-14-23-19-21-26(22-20-23)27(24-15-10-7-11-16-24)25-17-12-8-13-18-25;1-2(3)4/h7-8,10-13,15-22H,2-6,9,14H2,1H3;1H3,(H,3,4)/q+1;/p-1. The van der Waals surface area contributed by atoms with E-state index in [4.69, 9.17) is 9.90 Å². The van der Waals surface area contributed by atoms with Crippen molar-refractivity contribution < 1.29 is 9.90 Å². The van der Waals surface area contributed by atoms with Gasteiger partial charge in [0.15, 0.2) is 14.7 Å². The third kappa shape index (κ3) is 9.44. The molecule has 0 aliphatic carbocycles. The van der Waals surface area contributed by atoms with Gasteiger partial charge in [0.1, 0.15) is 0 Å². The predicted octanol–water partition coefficient (Wildman–Crippen LogP) is 6.44. The summed E-state index contributed by atoms with van der Waals surface area (Å²) in [5, 5.41) is 8.89. The van der Waals surface area contributed by atoms with Gasteiger partial charge in [-0.05, 0) is 61.7 Å². The molecule has 0 radical (unpaired) electrons. The number of hydrogen-bond donors (Lipinski definition) is 0. The van der Waals surface area contributed by atoms with Gasteiger partial charge in [-0.1, -0.05) is 87.6 Å². The first-order chi connectivity index (χ1) is 15.1. The average molecular weight is 435 g/mol. The molecule has 0 fully saturated rings. The van der Waals surface area contributed by atoms with Crippen LogP contribution in [-0.2, 0) is 22.1 Å². The number of hydrogen-bond acceptors (Lipinski definition) is 2. The smallest absolute Gasteiger partial charge is 0.166 e. The van der Waals surface area contributed by atoms with E-state index in [9.17, 15) is 0 Å². The molecule has 0 unspecified atom stereocenters. The Kier molecular flexibility index (Phi) is 11.6. The molecule has 31 heavy (non-hydrogen) atoms. The molecule has 3 aromatic rings. The second-order valence-corrected chi connectivity index (χ2v) is 9.61. The molecule has 2 nitrogen and oxygen atoms in total. The topological polar surface area (TPSA) is 40.1 Å². The summed E-state index contributed by atoms with van der Waals surface area (Å²) in [6, 6.07) is 31.1. The van der Waals surface area contributed by atoms with Gasteiger partial charge in [0, 0.05) is 5.97 Å². The van der Waals surface area contributed by atoms with E-state index >= 15 is 0 Å². The number of carbonyl (C=O) groups excluding carboxylic acids is 1. The molecule has 3 aromatic carbocycles. The first kappa shape index (κ1) is 24.7. The van der Waals surface area contributed by atoms with Crippen molar-refractivity contribution in [2.45, 2.75) is 73.5 Å². The van der Waals surface area contributed by atoms with E-state index in [2.05, 4.69) is 91.9 Å². The van der Waals surface area contributed by atoms with Gasteiger partial charge in [0.05, 0.1) is 10.9 Å². The third-order valence-corrected chi connectivity index (χ3v) is 7.17. The number of benzene rings is 3. The number of unbranched alkanes of at least 4 members (excludes halogenated alkanes) is 5. The Morgan fingerprint density at radius 1 is 0.677 bits per heavy atom. The van der Waals surface area contributed by atoms with Crippen molar-refractivity contribution in [2.24, 2.45) is 0 Å². The minimum absolute atomic E-state index is 0.0341. The van der Waals surface area contributed by atoms with Crippen molar-refractivity contribution in [1.29, 1.82) is 0 Å². The number of carboxylic acid groups (broad SMARTS) is 1. The van der Waals surface area contributed by atoms with E-state index in [0.29, 0.717) is 0 Å². The number of carboxylic acids is 1. The van der Waals surface area contributed by atoms with Gasteiger partial charge in [-0.25, -0.2) is 0 Å². The quantitative estimate of drug-likeness (QED) is 0.272. The fourth-order valence-electron chi connectivity index (χ4n) is 3.42. The molecule has 0 N–H and O–H groups in total. The molecule has 3 heteroatoms. The number of aryl methyl sites for hydroxylation is 1. The normalized spacial score (nSPS) is 10.4. The Bertz CT molecular complexity index is 817. The zero-order valence-corrected chi connectivity index (χ0v) is 19.6. The van der Waals surface area contributed by atoms with Crippen LogP contribution in [0.2, 0.25) is 0 Å². The maximum atomic E-state index is 8.89. The third-order valence-electron chi connectivity index (χ3n) is 4.94. The van der Waals surface area contributed by atoms with Gasteiger partial charge in [-0.2, -0.15) is 0 Å². The van der Waals surface area contributed by atoms with Crippen LogP contribution in [0.5, 0.6) is 0 Å². The highest BCUT2D eigenvalue weighted by atomic mass is 32.2. The highest BCUT2D eigenvalue weighted by Crippen LogP contribution is 2.31. The zero-order chi connectivity index (χ0) is 22.3. The fourth-order valence-corrected chi connectivity index (χ4v) is 5.51. The number of rotatable bonds is 10. The lowest BCUT2D eigenvalue weighted by Crippen LogP contribution is -2.16. The van der Waals surface area contributed by atoms with Crippen LogP contribution in [-0.4, -0.2) is 5.97 Å². The molecular weight excluding hydrogens is 400 g/mol. The maximum absolute atomic E-state index is 8.89. The van der Waals surface area contributed by atoms with Crippen LogP contribution in [0, 0.1) is 0 Å². The summed E-state index contributed by atoms with van der Waals surface area (Å²) in [6.45, 7) is 3.25. The highest BCUT2D eigenvalue weighted by molar-refractivity contribution is 7.97. The van der Waals surface area contributed by atoms with Crippen molar-refractivity contribution >= 4 is 16.9 Å². The molecule has 0 aromatic heterocycles. The lowest BCUT2D eigenvalue weighted by molar-refractivity contribution is -0.302. The molecule has 0 aliphatic heterocycles. The maximum Gasteiger partial charge on any atom is 0.166 e. The van der Waals surface area contributed by atoms with Crippen LogP contribution >= 0.6 is 0 Å². The van der Waals surface area contributed by atoms with Crippen LogP contribution in [0.4, 0.5) is 0 Å². The van der Waals surface area contributed by atoms with Crippen molar-refractivity contribution in [1.82, 2.24) is 0 Å². The summed E-state index contributed by atoms with van der Waals surface area (Å²) in [5.41, 5.74) is 1.47. The van der Waals surface area contributed by atoms with E-state index in [-0.39, 0.29) is 10.9 Å². The number of carbonyl (C=O) groups is 1. The summed E-state index contributed by atoms with van der Waals surface area (Å²) in [5.74, 6) is -1.08. The van der Waals surface area contributed by atoms with Crippen molar-refractivity contribution in [3.8, 4) is 0 Å². The zero-order valence-electron chi connectivity index (χ0n) is 18.8. The van der Waals surface area contributed by atoms with Gasteiger partial charge in [-0.3, -0.25) is 0 Å². The number of aliphatic carboxylic acids is 1. The molecule has 0 amide bonds. The van der Waals surface area contributed by atoms with Crippen LogP contribution in [0.3, 0.4) is 0 Å². The SMILES string of the molecule is CC(=O)[O-].CCCCCCCCc1ccc([S+](c2ccccc2)c2ccccc2)cc1. The van der Waals surface area contributed by atoms with E-state index < -0.39 is 5.97 Å². The lowest BCUT2D eigenvalue weighted by atomic mass is 10.1. The van der Waals surface area contributed by atoms with Gasteiger partial charge in [0.25, 0.3) is 0 Å². The first-order valence-electron chi connectivity index (χ1n) is 11.2. The summed E-state index contributed by atoms with van der Waals surface area (Å²) < 4.78 is 0. The van der Waals surface area contributed by atoms with E-state index in [1.165, 1.54) is 65.2 Å². The van der Waals surface area contributed by atoms with Crippen LogP contribution in [0.1, 0.15) is 57.9 Å². The molecule has 0 bridgehead atoms. The van der Waals surface area contributed by atoms with E-state index in [1.54, 1.807) is 0 Å². The molecule has 0 spiro atoms. The molecule has 0 atom stereocenters. The van der Waals surface area contributed by atoms with Crippen molar-refractivity contribution in [3.05, 3.63) is 90.5 Å². The van der Waals surface area contributed by atoms with Crippen LogP contribution in [0.15, 0.2) is 99.6 Å². The van der Waals surface area contributed by atoms with Crippen molar-refractivity contribution in [3.63, 3.8) is 0 Å². The summed E-state index contributed by atoms with van der Waals surface area (Å²) >= 11 is 0. The summed E-state index contributed by atoms with van der Waals surface area (Å²) in [7, 11) is -0.0341. The van der Waals surface area contributed by atoms with Crippen LogP contribution in [0.25, 0.3) is 0 Å². The van der Waals surface area contributed by atoms with Gasteiger partial charge in [0.2, 0.25) is 0 Å². The van der Waals surface area contributed by atoms with Crippen molar-refractivity contribution in [2.75, 3.05) is 0 Å². The van der Waals surface area contributed by atoms with E-state index in [1.807, 2.05) is 0 Å². The monoisotopic (exact) mass is 434 g/mol. The molecule has 0 saturated carbocycles. The second-order valence-electron chi connectivity index (χ2n) is 7.59. The molecule has 0 aliphatic rings. The van der Waals surface area contributed by atoms with Gasteiger partial charge in [-0.15, -0.1) is 0 Å². The fraction of sp³-hybridized carbons (Fsp3) is 0.321. The molecule has 164 valence electrons. The first-order valence-corrected chi connectivity index (χ1v) is 12.4. The summed E-state index contributed by atoms with van der Waals surface area (Å²) in [4.78, 5) is 13.1. The largest absolute Gasteiger partial charge is 0.550 e. The molecule has 0 heterocycles. The predicted molar refractivity (Wildman–Crippen MR) is 129 cm³/mol. The minimum Gasteiger partial charge on any atom is -0.550 e. The Balaban J connectivity index is 0.000000785. The molecular formula is C28H34O2S. The highest BCUT2D eigenvalue weighted by Gasteiger charge is 2.27. The molecule has 0 saturated heterocycles. The van der Waals surface area contributed by atoms with E-state index in [0.717, 1.165) is 6.92 Å². The Labute approximate surface area is 190 Å². The summed E-state index contributed by atoms with van der Waals surface area (Å²) in [6.07, 6.45) is 9.37. The second kappa shape index (κ2) is 14.5. The Morgan fingerprint density at radius 3 is 1.58 bits per heavy atom. The van der Waals surface area contributed by atoms with Gasteiger partial charge < -0.3 is 9.90 Å². The molecule has 3 rings (SSSR count). The lowest BCUT2D eigenvalue weighted by Gasteiger charge is -2.09. The van der Waals surface area contributed by atoms with Crippen LogP contribution < -0.4 is 5.11 Å². The van der Waals surface area contributed by atoms with Gasteiger partial charge >= 0.3 is 0 Å².